The van der Waals surface area contributed by atoms with Crippen molar-refractivity contribution in [1.29, 1.82) is 0 Å². The minimum absolute atomic E-state index is 0. The van der Waals surface area contributed by atoms with E-state index in [4.69, 9.17) is 4.74 Å². The van der Waals surface area contributed by atoms with Crippen molar-refractivity contribution in [3.63, 3.8) is 0 Å². The topological polar surface area (TPSA) is 69.1 Å². The summed E-state index contributed by atoms with van der Waals surface area (Å²) >= 11 is 0. The lowest BCUT2D eigenvalue weighted by molar-refractivity contribution is -0.0704. The molecule has 9 heteroatoms. The minimum atomic E-state index is 0. The van der Waals surface area contributed by atoms with Gasteiger partial charge in [-0.25, -0.2) is 9.97 Å². The third-order valence-electron chi connectivity index (χ3n) is 6.00. The van der Waals surface area contributed by atoms with E-state index in [0.29, 0.717) is 12.2 Å². The Morgan fingerprint density at radius 2 is 1.61 bits per heavy atom. The Balaban J connectivity index is 0.00000306. The third-order valence-corrected chi connectivity index (χ3v) is 6.00. The molecule has 0 radical (unpaired) electrons. The zero-order valence-electron chi connectivity index (χ0n) is 19.9. The Bertz CT molecular complexity index is 862. The molecule has 1 N–H and O–H groups in total. The first-order valence-electron chi connectivity index (χ1n) is 11.5. The van der Waals surface area contributed by atoms with E-state index < -0.39 is 0 Å². The maximum Gasteiger partial charge on any atom is 0.225 e. The summed E-state index contributed by atoms with van der Waals surface area (Å²) in [5.41, 5.74) is 2.61. The molecule has 1 aromatic carbocycles. The third kappa shape index (κ3) is 7.25. The number of aliphatic imine (C=N–C) groups is 1. The van der Waals surface area contributed by atoms with E-state index in [1.165, 1.54) is 11.1 Å². The van der Waals surface area contributed by atoms with Gasteiger partial charge in [0.15, 0.2) is 5.96 Å². The SMILES string of the molecule is CN=C(NCc1ccc(CN2CC(C)OC(C)C2)cc1)N1CCN(c2ncccn2)CC1.I. The predicted octanol–water partition coefficient (Wildman–Crippen LogP) is 2.60. The number of anilines is 1. The van der Waals surface area contributed by atoms with Crippen molar-refractivity contribution in [3.8, 4) is 0 Å². The summed E-state index contributed by atoms with van der Waals surface area (Å²) in [7, 11) is 1.85. The van der Waals surface area contributed by atoms with Gasteiger partial charge in [0.05, 0.1) is 12.2 Å². The molecule has 1 aromatic heterocycles. The molecule has 180 valence electrons. The molecule has 33 heavy (non-hydrogen) atoms. The predicted molar refractivity (Wildman–Crippen MR) is 143 cm³/mol. The van der Waals surface area contributed by atoms with Gasteiger partial charge < -0.3 is 19.9 Å². The summed E-state index contributed by atoms with van der Waals surface area (Å²) in [4.78, 5) is 20.2. The largest absolute Gasteiger partial charge is 0.373 e. The summed E-state index contributed by atoms with van der Waals surface area (Å²) < 4.78 is 5.84. The first kappa shape index (κ1) is 25.6. The lowest BCUT2D eigenvalue weighted by Crippen LogP contribution is -2.52. The molecule has 2 aliphatic heterocycles. The van der Waals surface area contributed by atoms with Gasteiger partial charge in [-0.1, -0.05) is 24.3 Å². The number of rotatable bonds is 5. The molecule has 2 aliphatic rings. The molecule has 0 amide bonds. The zero-order chi connectivity index (χ0) is 22.3. The van der Waals surface area contributed by atoms with Crippen LogP contribution in [0.2, 0.25) is 0 Å². The second-order valence-corrected chi connectivity index (χ2v) is 8.69. The molecule has 0 saturated carbocycles. The monoisotopic (exact) mass is 565 g/mol. The Morgan fingerprint density at radius 3 is 2.21 bits per heavy atom. The highest BCUT2D eigenvalue weighted by atomic mass is 127. The maximum absolute atomic E-state index is 5.84. The number of ether oxygens (including phenoxy) is 1. The average Bonchev–Trinajstić information content (AvgIpc) is 2.81. The van der Waals surface area contributed by atoms with Crippen molar-refractivity contribution in [1.82, 2.24) is 25.1 Å². The van der Waals surface area contributed by atoms with Crippen LogP contribution in [0.15, 0.2) is 47.7 Å². The second-order valence-electron chi connectivity index (χ2n) is 8.69. The number of guanidine groups is 1. The number of nitrogens with one attached hydrogen (secondary N) is 1. The normalized spacial score (nSPS) is 22.1. The van der Waals surface area contributed by atoms with Gasteiger partial charge in [0, 0.05) is 71.8 Å². The molecule has 2 fully saturated rings. The minimum Gasteiger partial charge on any atom is -0.373 e. The number of aromatic nitrogens is 2. The first-order chi connectivity index (χ1) is 15.6. The quantitative estimate of drug-likeness (QED) is 0.340. The fraction of sp³-hybridized carbons (Fsp3) is 0.542. The highest BCUT2D eigenvalue weighted by molar-refractivity contribution is 14.0. The van der Waals surface area contributed by atoms with Crippen LogP contribution >= 0.6 is 24.0 Å². The van der Waals surface area contributed by atoms with Crippen LogP contribution in [-0.4, -0.2) is 84.3 Å². The van der Waals surface area contributed by atoms with Crippen LogP contribution in [0.1, 0.15) is 25.0 Å². The molecule has 8 nitrogen and oxygen atoms in total. The van der Waals surface area contributed by atoms with Gasteiger partial charge in [-0.15, -0.1) is 24.0 Å². The summed E-state index contributed by atoms with van der Waals surface area (Å²) in [5.74, 6) is 1.75. The second kappa shape index (κ2) is 12.5. The highest BCUT2D eigenvalue weighted by Crippen LogP contribution is 2.15. The zero-order valence-corrected chi connectivity index (χ0v) is 22.2. The van der Waals surface area contributed by atoms with E-state index in [0.717, 1.165) is 64.3 Å². The number of hydrogen-bond acceptors (Lipinski definition) is 6. The van der Waals surface area contributed by atoms with E-state index in [-0.39, 0.29) is 24.0 Å². The number of hydrogen-bond donors (Lipinski definition) is 1. The first-order valence-corrected chi connectivity index (χ1v) is 11.5. The van der Waals surface area contributed by atoms with Crippen molar-refractivity contribution in [2.75, 3.05) is 51.2 Å². The maximum atomic E-state index is 5.84. The molecule has 2 atom stereocenters. The van der Waals surface area contributed by atoms with Crippen molar-refractivity contribution in [2.24, 2.45) is 4.99 Å². The lowest BCUT2D eigenvalue weighted by Gasteiger charge is -2.36. The Kier molecular flexibility index (Phi) is 9.69. The van der Waals surface area contributed by atoms with Crippen LogP contribution < -0.4 is 10.2 Å². The van der Waals surface area contributed by atoms with Crippen molar-refractivity contribution in [2.45, 2.75) is 39.1 Å². The number of benzene rings is 1. The Morgan fingerprint density at radius 1 is 1.00 bits per heavy atom. The van der Waals surface area contributed by atoms with Gasteiger partial charge in [0.1, 0.15) is 0 Å². The molecule has 2 aromatic rings. The van der Waals surface area contributed by atoms with E-state index in [2.05, 4.69) is 73.1 Å². The average molecular weight is 566 g/mol. The van der Waals surface area contributed by atoms with Gasteiger partial charge in [-0.2, -0.15) is 0 Å². The number of nitrogens with zero attached hydrogens (tertiary/aromatic N) is 6. The van der Waals surface area contributed by atoms with E-state index in [9.17, 15) is 0 Å². The van der Waals surface area contributed by atoms with E-state index in [1.807, 2.05) is 13.1 Å². The van der Waals surface area contributed by atoms with Crippen LogP contribution in [0, 0.1) is 0 Å². The van der Waals surface area contributed by atoms with Crippen LogP contribution in [0.25, 0.3) is 0 Å². The number of piperazine rings is 1. The fourth-order valence-electron chi connectivity index (χ4n) is 4.52. The van der Waals surface area contributed by atoms with Gasteiger partial charge in [0.25, 0.3) is 0 Å². The van der Waals surface area contributed by atoms with Gasteiger partial charge in [0.2, 0.25) is 5.95 Å². The molecule has 2 saturated heterocycles. The van der Waals surface area contributed by atoms with Gasteiger partial charge in [-0.05, 0) is 31.0 Å². The molecule has 0 aliphatic carbocycles. The van der Waals surface area contributed by atoms with Gasteiger partial charge >= 0.3 is 0 Å². The highest BCUT2D eigenvalue weighted by Gasteiger charge is 2.22. The van der Waals surface area contributed by atoms with Crippen LogP contribution in [0.4, 0.5) is 5.95 Å². The summed E-state index contributed by atoms with van der Waals surface area (Å²) in [5, 5.41) is 3.52. The van der Waals surface area contributed by atoms with Crippen molar-refractivity contribution in [3.05, 3.63) is 53.9 Å². The fourth-order valence-corrected chi connectivity index (χ4v) is 4.52. The van der Waals surface area contributed by atoms with Crippen LogP contribution in [-0.2, 0) is 17.8 Å². The molecule has 4 rings (SSSR count). The number of halogens is 1. The molecule has 0 bridgehead atoms. The summed E-state index contributed by atoms with van der Waals surface area (Å²) in [6.07, 6.45) is 4.19. The van der Waals surface area contributed by atoms with E-state index in [1.54, 1.807) is 12.4 Å². The Hall–Kier alpha value is -1.98. The molecule has 0 spiro atoms. The summed E-state index contributed by atoms with van der Waals surface area (Å²) in [6.45, 7) is 11.6. The molecular weight excluding hydrogens is 529 g/mol. The van der Waals surface area contributed by atoms with Crippen LogP contribution in [0.3, 0.4) is 0 Å². The van der Waals surface area contributed by atoms with Crippen LogP contribution in [0.5, 0.6) is 0 Å². The molecular formula is C24H36IN7O. The number of morpholine rings is 1. The lowest BCUT2D eigenvalue weighted by atomic mass is 10.1. The summed E-state index contributed by atoms with van der Waals surface area (Å²) in [6, 6.07) is 10.8. The standard InChI is InChI=1S/C24H35N7O.HI/c1-19-16-29(17-20(2)32-19)18-22-7-5-21(6-8-22)15-28-23(25-3)30-11-13-31(14-12-30)24-26-9-4-10-27-24;/h4-10,19-20H,11-18H2,1-3H3,(H,25,28);1H. The smallest absolute Gasteiger partial charge is 0.225 e. The molecule has 3 heterocycles. The Labute approximate surface area is 214 Å². The van der Waals surface area contributed by atoms with Gasteiger partial charge in [-0.3, -0.25) is 9.89 Å². The van der Waals surface area contributed by atoms with Crippen molar-refractivity contribution < 1.29 is 4.74 Å². The molecule has 2 unspecified atom stereocenters. The van der Waals surface area contributed by atoms with E-state index >= 15 is 0 Å². The van der Waals surface area contributed by atoms with Crippen molar-refractivity contribution >= 4 is 35.9 Å².